The molecule has 0 aliphatic carbocycles. The molecule has 0 spiro atoms. The molecular formula is C26H20N2O4. The summed E-state index contributed by atoms with van der Waals surface area (Å²) in [6.45, 7) is 0.579. The monoisotopic (exact) mass is 424 g/mol. The first-order valence-corrected chi connectivity index (χ1v) is 10.3. The molecule has 4 aromatic rings. The first-order chi connectivity index (χ1) is 15.7. The molecule has 1 aliphatic heterocycles. The number of carbonyl (C=O) groups is 2. The van der Waals surface area contributed by atoms with Crippen molar-refractivity contribution < 1.29 is 18.7 Å². The Kier molecular flexibility index (Phi) is 5.17. The average Bonchev–Trinajstić information content (AvgIpc) is 3.50. The summed E-state index contributed by atoms with van der Waals surface area (Å²) in [5.41, 5.74) is 2.98. The number of furan rings is 1. The molecule has 1 aromatic heterocycles. The van der Waals surface area contributed by atoms with Gasteiger partial charge in [-0.25, -0.2) is 0 Å². The molecule has 0 saturated carbocycles. The van der Waals surface area contributed by atoms with Crippen molar-refractivity contribution in [2.45, 2.75) is 6.42 Å². The maximum absolute atomic E-state index is 12.7. The topological polar surface area (TPSA) is 71.8 Å². The molecule has 1 aliphatic rings. The van der Waals surface area contributed by atoms with Crippen LogP contribution in [0.4, 0.5) is 11.4 Å². The van der Waals surface area contributed by atoms with Crippen molar-refractivity contribution in [2.24, 2.45) is 0 Å². The van der Waals surface area contributed by atoms with Crippen LogP contribution < -0.4 is 15.0 Å². The smallest absolute Gasteiger partial charge is 0.293 e. The van der Waals surface area contributed by atoms with Gasteiger partial charge in [0.2, 0.25) is 0 Å². The molecule has 0 radical (unpaired) electrons. The van der Waals surface area contributed by atoms with Gasteiger partial charge in [0.25, 0.3) is 11.8 Å². The van der Waals surface area contributed by atoms with Crippen LogP contribution in [0.1, 0.15) is 26.5 Å². The van der Waals surface area contributed by atoms with E-state index in [4.69, 9.17) is 9.15 Å². The maximum atomic E-state index is 12.7. The highest BCUT2D eigenvalue weighted by Gasteiger charge is 2.27. The van der Waals surface area contributed by atoms with Gasteiger partial charge >= 0.3 is 0 Å². The zero-order valence-electron chi connectivity index (χ0n) is 17.2. The molecule has 158 valence electrons. The van der Waals surface area contributed by atoms with Crippen LogP contribution in [0, 0.1) is 0 Å². The molecule has 0 bridgehead atoms. The van der Waals surface area contributed by atoms with E-state index in [1.54, 1.807) is 41.3 Å². The van der Waals surface area contributed by atoms with Crippen molar-refractivity contribution in [3.8, 4) is 11.5 Å². The van der Waals surface area contributed by atoms with Crippen LogP contribution >= 0.6 is 0 Å². The van der Waals surface area contributed by atoms with E-state index in [1.807, 2.05) is 48.5 Å². The quantitative estimate of drug-likeness (QED) is 0.457. The number of rotatable bonds is 5. The van der Waals surface area contributed by atoms with Crippen molar-refractivity contribution in [3.63, 3.8) is 0 Å². The number of carbonyl (C=O) groups excluding carboxylic acids is 2. The Bertz CT molecular complexity index is 1250. The van der Waals surface area contributed by atoms with Crippen molar-refractivity contribution >= 4 is 23.2 Å². The number of ether oxygens (including phenoxy) is 1. The van der Waals surface area contributed by atoms with Crippen molar-refractivity contribution in [1.82, 2.24) is 0 Å². The van der Waals surface area contributed by atoms with Crippen molar-refractivity contribution in [2.75, 3.05) is 16.8 Å². The summed E-state index contributed by atoms with van der Waals surface area (Å²) in [6, 6.07) is 25.4. The molecule has 2 amide bonds. The summed E-state index contributed by atoms with van der Waals surface area (Å²) in [5, 5.41) is 2.91. The van der Waals surface area contributed by atoms with E-state index in [0.717, 1.165) is 23.4 Å². The molecule has 6 nitrogen and oxygen atoms in total. The van der Waals surface area contributed by atoms with Gasteiger partial charge in [0, 0.05) is 23.5 Å². The number of hydrogen-bond donors (Lipinski definition) is 1. The minimum absolute atomic E-state index is 0.189. The Hall–Kier alpha value is -4.32. The van der Waals surface area contributed by atoms with Gasteiger partial charge in [0.15, 0.2) is 5.76 Å². The van der Waals surface area contributed by atoms with E-state index in [1.165, 1.54) is 6.26 Å². The SMILES string of the molecule is O=C(Nc1ccc2c(c1)N(C(=O)c1ccco1)CC2)c1ccc(Oc2ccccc2)cc1. The number of nitrogens with zero attached hydrogens (tertiary/aromatic N) is 1. The minimum atomic E-state index is -0.238. The standard InChI is InChI=1S/C26H20N2O4/c29-25(19-9-12-22(13-10-19)32-21-5-2-1-3-6-21)27-20-11-8-18-14-15-28(23(18)17-20)26(30)24-7-4-16-31-24/h1-13,16-17H,14-15H2,(H,27,29). The third-order valence-electron chi connectivity index (χ3n) is 5.31. The maximum Gasteiger partial charge on any atom is 0.293 e. The third kappa shape index (κ3) is 3.98. The fourth-order valence-corrected chi connectivity index (χ4v) is 3.70. The lowest BCUT2D eigenvalue weighted by atomic mass is 10.1. The fraction of sp³-hybridized carbons (Fsp3) is 0.0769. The minimum Gasteiger partial charge on any atom is -0.459 e. The van der Waals surface area contributed by atoms with Crippen LogP contribution in [-0.2, 0) is 6.42 Å². The number of nitrogens with one attached hydrogen (secondary N) is 1. The van der Waals surface area contributed by atoms with Crippen LogP contribution in [0.15, 0.2) is 95.6 Å². The van der Waals surface area contributed by atoms with Gasteiger partial charge < -0.3 is 19.4 Å². The number of hydrogen-bond acceptors (Lipinski definition) is 4. The summed E-state index contributed by atoms with van der Waals surface area (Å²) >= 11 is 0. The summed E-state index contributed by atoms with van der Waals surface area (Å²) in [4.78, 5) is 27.1. The van der Waals surface area contributed by atoms with Gasteiger partial charge in [-0.15, -0.1) is 0 Å². The Morgan fingerprint density at radius 1 is 0.875 bits per heavy atom. The molecule has 32 heavy (non-hydrogen) atoms. The summed E-state index contributed by atoms with van der Waals surface area (Å²) in [7, 11) is 0. The molecule has 3 aromatic carbocycles. The Labute approximate surface area is 185 Å². The number of anilines is 2. The van der Waals surface area contributed by atoms with E-state index in [0.29, 0.717) is 29.3 Å². The summed E-state index contributed by atoms with van der Waals surface area (Å²) < 4.78 is 11.0. The molecule has 0 fully saturated rings. The number of para-hydroxylation sites is 1. The Morgan fingerprint density at radius 3 is 2.41 bits per heavy atom. The molecule has 0 saturated heterocycles. The van der Waals surface area contributed by atoms with Gasteiger partial charge in [0.05, 0.1) is 6.26 Å². The van der Waals surface area contributed by atoms with E-state index < -0.39 is 0 Å². The third-order valence-corrected chi connectivity index (χ3v) is 5.31. The Balaban J connectivity index is 1.29. The Morgan fingerprint density at radius 2 is 1.66 bits per heavy atom. The zero-order chi connectivity index (χ0) is 21.9. The fourth-order valence-electron chi connectivity index (χ4n) is 3.70. The van der Waals surface area contributed by atoms with Crippen LogP contribution in [0.3, 0.4) is 0 Å². The number of amides is 2. The highest BCUT2D eigenvalue weighted by atomic mass is 16.5. The second kappa shape index (κ2) is 8.43. The molecule has 0 atom stereocenters. The predicted octanol–water partition coefficient (Wildman–Crippen LogP) is 5.53. The van der Waals surface area contributed by atoms with Crippen LogP contribution in [0.25, 0.3) is 0 Å². The average molecular weight is 424 g/mol. The lowest BCUT2D eigenvalue weighted by Crippen LogP contribution is -2.28. The highest BCUT2D eigenvalue weighted by Crippen LogP contribution is 2.32. The van der Waals surface area contributed by atoms with Gasteiger partial charge in [0.1, 0.15) is 11.5 Å². The first-order valence-electron chi connectivity index (χ1n) is 10.3. The number of fused-ring (bicyclic) bond motifs is 1. The normalized spacial score (nSPS) is 12.3. The highest BCUT2D eigenvalue weighted by molar-refractivity contribution is 6.07. The van der Waals surface area contributed by atoms with E-state index >= 15 is 0 Å². The van der Waals surface area contributed by atoms with Gasteiger partial charge in [-0.3, -0.25) is 9.59 Å². The van der Waals surface area contributed by atoms with Crippen LogP contribution in [0.2, 0.25) is 0 Å². The second-order valence-corrected chi connectivity index (χ2v) is 7.42. The van der Waals surface area contributed by atoms with E-state index in [2.05, 4.69) is 5.32 Å². The van der Waals surface area contributed by atoms with Crippen molar-refractivity contribution in [3.05, 3.63) is 108 Å². The lowest BCUT2D eigenvalue weighted by Gasteiger charge is -2.17. The van der Waals surface area contributed by atoms with Crippen LogP contribution in [-0.4, -0.2) is 18.4 Å². The molecular weight excluding hydrogens is 404 g/mol. The van der Waals surface area contributed by atoms with E-state index in [-0.39, 0.29) is 11.8 Å². The molecule has 2 heterocycles. The lowest BCUT2D eigenvalue weighted by molar-refractivity contribution is 0.0962. The predicted molar refractivity (Wildman–Crippen MR) is 121 cm³/mol. The molecule has 6 heteroatoms. The van der Waals surface area contributed by atoms with Crippen LogP contribution in [0.5, 0.6) is 11.5 Å². The van der Waals surface area contributed by atoms with E-state index in [9.17, 15) is 9.59 Å². The van der Waals surface area contributed by atoms with Gasteiger partial charge in [-0.2, -0.15) is 0 Å². The first kappa shape index (κ1) is 19.6. The number of benzene rings is 3. The molecule has 1 N–H and O–H groups in total. The summed E-state index contributed by atoms with van der Waals surface area (Å²) in [6.07, 6.45) is 2.25. The largest absolute Gasteiger partial charge is 0.459 e. The summed E-state index contributed by atoms with van der Waals surface area (Å²) in [5.74, 6) is 1.25. The van der Waals surface area contributed by atoms with Gasteiger partial charge in [-0.1, -0.05) is 24.3 Å². The van der Waals surface area contributed by atoms with Crippen molar-refractivity contribution in [1.29, 1.82) is 0 Å². The second-order valence-electron chi connectivity index (χ2n) is 7.42. The zero-order valence-corrected chi connectivity index (χ0v) is 17.2. The van der Waals surface area contributed by atoms with Gasteiger partial charge in [-0.05, 0) is 72.6 Å². The molecule has 0 unspecified atom stereocenters. The molecule has 5 rings (SSSR count).